The zero-order chi connectivity index (χ0) is 57.0. The van der Waals surface area contributed by atoms with Crippen molar-refractivity contribution in [1.29, 1.82) is 5.26 Å². The molecular weight excluding hydrogens is 1080 g/mol. The van der Waals surface area contributed by atoms with Crippen LogP contribution in [0.3, 0.4) is 0 Å². The van der Waals surface area contributed by atoms with Gasteiger partial charge in [0.05, 0.1) is 55.0 Å². The number of hydrogen-bond acceptors (Lipinski definition) is 3. The summed E-state index contributed by atoms with van der Waals surface area (Å²) in [7, 11) is 0. The zero-order valence-corrected chi connectivity index (χ0v) is 47.8. The molecule has 6 heteroatoms. The number of rotatable bonds is 8. The molecule has 0 unspecified atom stereocenters. The lowest BCUT2D eigenvalue weighted by Gasteiger charge is -2.27. The molecule has 86 heavy (non-hydrogen) atoms. The molecule has 0 amide bonds. The SMILES string of the molecule is [C-]#[N+]c1c(-c2ccccc2-c2ccccc2)c(C#N)c(-n2c3cc(-c4ccccc4)ccc3c3ccc4c5ccccc5sc4c32)c(-c2ccccc2-c2ccccc2)c1-n1c2cc(-c3ccccc3)ccc2c2ccc3c4ccccc4sc3c21. The molecule has 0 saturated carbocycles. The number of nitrogens with zero attached hydrogens (tertiary/aromatic N) is 4. The largest absolute Gasteiger partial charge is 0.317 e. The number of hydrogen-bond donors (Lipinski definition) is 0. The van der Waals surface area contributed by atoms with Gasteiger partial charge in [-0.25, -0.2) is 4.85 Å². The van der Waals surface area contributed by atoms with E-state index in [1.807, 2.05) is 6.07 Å². The highest BCUT2D eigenvalue weighted by molar-refractivity contribution is 7.27. The molecule has 4 heterocycles. The van der Waals surface area contributed by atoms with Crippen molar-refractivity contribution < 1.29 is 0 Å². The Bertz CT molecular complexity index is 5450. The molecule has 0 aliphatic heterocycles. The number of aromatic nitrogens is 2. The molecule has 0 spiro atoms. The maximum atomic E-state index is 12.9. The van der Waals surface area contributed by atoms with E-state index in [-0.39, 0.29) is 0 Å². The third-order valence-electron chi connectivity index (χ3n) is 17.4. The van der Waals surface area contributed by atoms with E-state index in [1.165, 1.54) is 20.2 Å². The van der Waals surface area contributed by atoms with E-state index < -0.39 is 0 Å². The summed E-state index contributed by atoms with van der Waals surface area (Å²) in [4.78, 5) is 4.91. The minimum Gasteiger partial charge on any atom is -0.317 e. The molecule has 0 atom stereocenters. The average Bonchev–Trinajstić information content (AvgIpc) is 2.49. The Kier molecular flexibility index (Phi) is 11.4. The van der Waals surface area contributed by atoms with Crippen LogP contribution in [-0.2, 0) is 0 Å². The minimum absolute atomic E-state index is 0.381. The van der Waals surface area contributed by atoms with Gasteiger partial charge in [0.15, 0.2) is 0 Å². The predicted molar refractivity (Wildman–Crippen MR) is 364 cm³/mol. The maximum absolute atomic E-state index is 12.9. The number of thiophene rings is 2. The smallest absolute Gasteiger partial charge is 0.220 e. The summed E-state index contributed by atoms with van der Waals surface area (Å²) in [5.41, 5.74) is 17.3. The van der Waals surface area contributed by atoms with E-state index in [1.54, 1.807) is 22.7 Å². The highest BCUT2D eigenvalue weighted by atomic mass is 32.1. The first kappa shape index (κ1) is 49.5. The fourth-order valence-corrected chi connectivity index (χ4v) is 16.2. The zero-order valence-electron chi connectivity index (χ0n) is 46.2. The molecule has 0 bridgehead atoms. The first-order valence-corrected chi connectivity index (χ1v) is 30.5. The first-order valence-electron chi connectivity index (χ1n) is 28.8. The van der Waals surface area contributed by atoms with Crippen molar-refractivity contribution in [2.24, 2.45) is 0 Å². The van der Waals surface area contributed by atoms with Gasteiger partial charge in [0, 0.05) is 63.6 Å². The third-order valence-corrected chi connectivity index (χ3v) is 19.8. The second-order valence-electron chi connectivity index (χ2n) is 22.0. The number of fused-ring (bicyclic) bond motifs is 14. The van der Waals surface area contributed by atoms with Gasteiger partial charge in [-0.15, -0.1) is 22.7 Å². The van der Waals surface area contributed by atoms with Crippen molar-refractivity contribution in [2.45, 2.75) is 0 Å². The highest BCUT2D eigenvalue weighted by Gasteiger charge is 2.35. The van der Waals surface area contributed by atoms with Gasteiger partial charge in [-0.3, -0.25) is 0 Å². The van der Waals surface area contributed by atoms with Crippen LogP contribution in [-0.4, -0.2) is 9.13 Å². The van der Waals surface area contributed by atoms with Crippen LogP contribution in [0.4, 0.5) is 5.69 Å². The van der Waals surface area contributed by atoms with E-state index in [0.29, 0.717) is 28.2 Å². The van der Waals surface area contributed by atoms with Crippen LogP contribution in [0.25, 0.3) is 167 Å². The lowest BCUT2D eigenvalue weighted by molar-refractivity contribution is 1.14. The van der Waals surface area contributed by atoms with Gasteiger partial charge in [0.2, 0.25) is 5.69 Å². The van der Waals surface area contributed by atoms with Crippen molar-refractivity contribution in [3.05, 3.63) is 296 Å². The van der Waals surface area contributed by atoms with Crippen molar-refractivity contribution in [2.75, 3.05) is 0 Å². The van der Waals surface area contributed by atoms with E-state index >= 15 is 0 Å². The van der Waals surface area contributed by atoms with Gasteiger partial charge < -0.3 is 9.13 Å². The first-order chi connectivity index (χ1) is 42.6. The molecule has 0 radical (unpaired) electrons. The number of nitriles is 1. The molecule has 398 valence electrons. The van der Waals surface area contributed by atoms with E-state index in [9.17, 15) is 11.8 Å². The van der Waals surface area contributed by atoms with E-state index in [0.717, 1.165) is 125 Å². The molecular formula is C80H46N4S2. The van der Waals surface area contributed by atoms with Crippen LogP contribution in [0.1, 0.15) is 5.56 Å². The summed E-state index contributed by atoms with van der Waals surface area (Å²) in [5, 5.41) is 21.8. The molecule has 0 fully saturated rings. The summed E-state index contributed by atoms with van der Waals surface area (Å²) in [6.07, 6.45) is 0. The molecule has 0 N–H and O–H groups in total. The Morgan fingerprint density at radius 1 is 0.326 bits per heavy atom. The molecule has 17 rings (SSSR count). The molecule has 17 aromatic rings. The van der Waals surface area contributed by atoms with Gasteiger partial charge in [-0.1, -0.05) is 255 Å². The summed E-state index contributed by atoms with van der Waals surface area (Å²) in [5.74, 6) is 0. The standard InChI is InChI=1S/C80H46N4S2/c1-82-74-72(61-34-16-14-30-55(61)51-26-10-4-11-27-51)67(48-81)75(83-68-46-53(49-22-6-2-7-23-49)38-40-57(68)63-42-44-65-59-32-18-20-36-70(59)85-79(65)76(63)83)73(62-35-17-15-31-56(62)52-28-12-5-13-29-52)78(74)84-69-47-54(50-24-8-3-9-25-50)39-41-58(69)64-43-45-66-60-33-19-21-37-71(60)86-80(66)77(64)84/h2-47H. The van der Waals surface area contributed by atoms with Gasteiger partial charge in [0.25, 0.3) is 0 Å². The average molecular weight is 1130 g/mol. The van der Waals surface area contributed by atoms with Crippen LogP contribution in [0, 0.1) is 17.9 Å². The van der Waals surface area contributed by atoms with Crippen molar-refractivity contribution in [3.8, 4) is 84.2 Å². The molecule has 4 nitrogen and oxygen atoms in total. The van der Waals surface area contributed by atoms with Gasteiger partial charge in [-0.2, -0.15) is 5.26 Å². The molecule has 0 saturated heterocycles. The molecule has 4 aromatic heterocycles. The second-order valence-corrected chi connectivity index (χ2v) is 24.1. The predicted octanol–water partition coefficient (Wildman–Crippen LogP) is 23.0. The Hall–Kier alpha value is -11.1. The molecule has 0 aliphatic rings. The Morgan fingerprint density at radius 3 is 1.15 bits per heavy atom. The fraction of sp³-hybridized carbons (Fsp3) is 0. The van der Waals surface area contributed by atoms with Crippen LogP contribution in [0.2, 0.25) is 0 Å². The van der Waals surface area contributed by atoms with Crippen molar-refractivity contribution in [1.82, 2.24) is 9.13 Å². The molecule has 0 aliphatic carbocycles. The van der Waals surface area contributed by atoms with E-state index in [2.05, 4.69) is 288 Å². The highest BCUT2D eigenvalue weighted by Crippen LogP contribution is 2.57. The topological polar surface area (TPSA) is 38.0 Å². The Labute approximate surface area is 503 Å². The molecule has 13 aromatic carbocycles. The number of benzene rings is 13. The van der Waals surface area contributed by atoms with Gasteiger partial charge in [0.1, 0.15) is 6.07 Å². The lowest BCUT2D eigenvalue weighted by Crippen LogP contribution is -2.09. The maximum Gasteiger partial charge on any atom is 0.220 e. The normalized spacial score (nSPS) is 11.7. The summed E-state index contributed by atoms with van der Waals surface area (Å²) >= 11 is 3.58. The summed E-state index contributed by atoms with van der Waals surface area (Å²) in [6.45, 7) is 10.0. The van der Waals surface area contributed by atoms with Crippen LogP contribution >= 0.6 is 22.7 Å². The minimum atomic E-state index is 0.381. The summed E-state index contributed by atoms with van der Waals surface area (Å²) in [6, 6.07) is 102. The quantitative estimate of drug-likeness (QED) is 0.140. The van der Waals surface area contributed by atoms with Crippen LogP contribution in [0.15, 0.2) is 279 Å². The van der Waals surface area contributed by atoms with Crippen molar-refractivity contribution in [3.63, 3.8) is 0 Å². The second kappa shape index (κ2) is 19.8. The Balaban J connectivity index is 1.19. The van der Waals surface area contributed by atoms with Crippen LogP contribution in [0.5, 0.6) is 0 Å². The summed E-state index contributed by atoms with van der Waals surface area (Å²) < 4.78 is 9.48. The fourth-order valence-electron chi connectivity index (χ4n) is 13.7. The van der Waals surface area contributed by atoms with Crippen molar-refractivity contribution >= 4 is 112 Å². The Morgan fingerprint density at radius 2 is 0.698 bits per heavy atom. The monoisotopic (exact) mass is 1130 g/mol. The third kappa shape index (κ3) is 7.45. The van der Waals surface area contributed by atoms with Crippen LogP contribution < -0.4 is 0 Å². The lowest BCUT2D eigenvalue weighted by atomic mass is 9.84. The van der Waals surface area contributed by atoms with E-state index in [4.69, 9.17) is 4.85 Å². The van der Waals surface area contributed by atoms with Gasteiger partial charge in [-0.05, 0) is 79.9 Å². The van der Waals surface area contributed by atoms with Gasteiger partial charge >= 0.3 is 0 Å².